The Morgan fingerprint density at radius 3 is 2.59 bits per heavy atom. The number of nitrogens with zero attached hydrogens (tertiary/aromatic N) is 1. The summed E-state index contributed by atoms with van der Waals surface area (Å²) in [6.07, 6.45) is 5.52. The molecule has 3 amide bonds. The SMILES string of the molecule is CC(C)[C@H](NC(=O)[C@@H]1CSC2c3ccccc3C(=O)N21)C(=O)NC1CCCCC1. The van der Waals surface area contributed by atoms with E-state index in [9.17, 15) is 14.4 Å². The standard InChI is InChI=1S/C22H29N3O3S/c1-13(2)18(20(27)23-14-8-4-3-5-9-14)24-19(26)17-12-29-22-16-11-7-6-10-15(16)21(28)25(17)22/h6-7,10-11,13-14,17-18,22H,3-5,8-9,12H2,1-2H3,(H,23,27)(H,24,26)/t17-,18-,22?/m0/s1. The second kappa shape index (κ2) is 8.38. The molecule has 6 nitrogen and oxygen atoms in total. The van der Waals surface area contributed by atoms with Crippen LogP contribution < -0.4 is 10.6 Å². The molecule has 0 bridgehead atoms. The van der Waals surface area contributed by atoms with Gasteiger partial charge in [0.05, 0.1) is 0 Å². The van der Waals surface area contributed by atoms with Crippen LogP contribution in [0.5, 0.6) is 0 Å². The van der Waals surface area contributed by atoms with Crippen LogP contribution >= 0.6 is 11.8 Å². The second-order valence-electron chi connectivity index (χ2n) is 8.57. The third kappa shape index (κ3) is 3.89. The van der Waals surface area contributed by atoms with Crippen molar-refractivity contribution in [3.05, 3.63) is 35.4 Å². The number of nitrogens with one attached hydrogen (secondary N) is 2. The molecule has 2 fully saturated rings. The van der Waals surface area contributed by atoms with Gasteiger partial charge in [-0.15, -0.1) is 11.8 Å². The number of fused-ring (bicyclic) bond motifs is 3. The molecule has 1 aromatic rings. The van der Waals surface area contributed by atoms with E-state index in [4.69, 9.17) is 0 Å². The summed E-state index contributed by atoms with van der Waals surface area (Å²) in [4.78, 5) is 40.5. The van der Waals surface area contributed by atoms with Crippen molar-refractivity contribution in [1.29, 1.82) is 0 Å². The number of benzene rings is 1. The van der Waals surface area contributed by atoms with E-state index >= 15 is 0 Å². The van der Waals surface area contributed by atoms with Gasteiger partial charge < -0.3 is 15.5 Å². The molecule has 1 unspecified atom stereocenters. The topological polar surface area (TPSA) is 78.5 Å². The fourth-order valence-corrected chi connectivity index (χ4v) is 6.03. The molecule has 29 heavy (non-hydrogen) atoms. The molecular formula is C22H29N3O3S. The molecule has 2 aliphatic heterocycles. The molecule has 3 aliphatic rings. The molecule has 2 heterocycles. The Bertz CT molecular complexity index is 806. The Labute approximate surface area is 176 Å². The Hall–Kier alpha value is -2.02. The molecule has 0 radical (unpaired) electrons. The van der Waals surface area contributed by atoms with Crippen molar-refractivity contribution in [2.45, 2.75) is 69.5 Å². The first-order valence-corrected chi connectivity index (χ1v) is 11.7. The van der Waals surface area contributed by atoms with Gasteiger partial charge in [-0.3, -0.25) is 14.4 Å². The molecular weight excluding hydrogens is 386 g/mol. The van der Waals surface area contributed by atoms with Crippen LogP contribution in [-0.2, 0) is 9.59 Å². The molecule has 1 saturated carbocycles. The molecule has 7 heteroatoms. The first kappa shape index (κ1) is 20.3. The van der Waals surface area contributed by atoms with Gasteiger partial charge in [-0.05, 0) is 30.4 Å². The molecule has 4 rings (SSSR count). The summed E-state index contributed by atoms with van der Waals surface area (Å²) in [5.74, 6) is 0.0746. The average Bonchev–Trinajstić information content (AvgIpc) is 3.27. The highest BCUT2D eigenvalue weighted by Gasteiger charge is 2.48. The van der Waals surface area contributed by atoms with E-state index in [2.05, 4.69) is 10.6 Å². The second-order valence-corrected chi connectivity index (χ2v) is 9.69. The fraction of sp³-hybridized carbons (Fsp3) is 0.591. The number of carbonyl (C=O) groups is 3. The zero-order valence-electron chi connectivity index (χ0n) is 17.0. The van der Waals surface area contributed by atoms with Gasteiger partial charge in [0.1, 0.15) is 17.5 Å². The van der Waals surface area contributed by atoms with Gasteiger partial charge in [-0.1, -0.05) is 51.3 Å². The van der Waals surface area contributed by atoms with Crippen LogP contribution in [0.4, 0.5) is 0 Å². The van der Waals surface area contributed by atoms with Gasteiger partial charge in [0.15, 0.2) is 0 Å². The van der Waals surface area contributed by atoms with Gasteiger partial charge >= 0.3 is 0 Å². The smallest absolute Gasteiger partial charge is 0.256 e. The maximum Gasteiger partial charge on any atom is 0.256 e. The third-order valence-corrected chi connectivity index (χ3v) is 7.50. The van der Waals surface area contributed by atoms with Crippen molar-refractivity contribution in [3.8, 4) is 0 Å². The summed E-state index contributed by atoms with van der Waals surface area (Å²) in [5, 5.41) is 5.97. The van der Waals surface area contributed by atoms with Crippen LogP contribution in [0.25, 0.3) is 0 Å². The molecule has 0 spiro atoms. The summed E-state index contributed by atoms with van der Waals surface area (Å²) >= 11 is 1.61. The van der Waals surface area contributed by atoms with Crippen molar-refractivity contribution in [2.75, 3.05) is 5.75 Å². The zero-order valence-corrected chi connectivity index (χ0v) is 17.8. The first-order valence-electron chi connectivity index (χ1n) is 10.6. The van der Waals surface area contributed by atoms with Gasteiger partial charge in [0.2, 0.25) is 11.8 Å². The van der Waals surface area contributed by atoms with Crippen molar-refractivity contribution >= 4 is 29.5 Å². The molecule has 1 aliphatic carbocycles. The fourth-order valence-electron chi connectivity index (χ4n) is 4.56. The Kier molecular flexibility index (Phi) is 5.86. The van der Waals surface area contributed by atoms with Crippen LogP contribution in [0.2, 0.25) is 0 Å². The van der Waals surface area contributed by atoms with E-state index < -0.39 is 12.1 Å². The van der Waals surface area contributed by atoms with E-state index in [1.807, 2.05) is 38.1 Å². The highest BCUT2D eigenvalue weighted by atomic mass is 32.2. The van der Waals surface area contributed by atoms with Crippen LogP contribution in [0.3, 0.4) is 0 Å². The lowest BCUT2D eigenvalue weighted by atomic mass is 9.94. The maximum atomic E-state index is 13.1. The Balaban J connectivity index is 1.43. The Morgan fingerprint density at radius 2 is 1.86 bits per heavy atom. The number of amides is 3. The van der Waals surface area contributed by atoms with Crippen molar-refractivity contribution in [3.63, 3.8) is 0 Å². The van der Waals surface area contributed by atoms with Crippen molar-refractivity contribution in [2.24, 2.45) is 5.92 Å². The Morgan fingerprint density at radius 1 is 1.14 bits per heavy atom. The maximum absolute atomic E-state index is 13.1. The molecule has 0 aromatic heterocycles. The van der Waals surface area contributed by atoms with E-state index in [-0.39, 0.29) is 35.1 Å². The molecule has 1 saturated heterocycles. The lowest BCUT2D eigenvalue weighted by Gasteiger charge is -2.29. The highest BCUT2D eigenvalue weighted by Crippen LogP contribution is 2.48. The minimum atomic E-state index is -0.589. The van der Waals surface area contributed by atoms with E-state index in [1.165, 1.54) is 6.42 Å². The largest absolute Gasteiger partial charge is 0.352 e. The number of thioether (sulfide) groups is 1. The van der Waals surface area contributed by atoms with Gasteiger partial charge in [-0.25, -0.2) is 0 Å². The summed E-state index contributed by atoms with van der Waals surface area (Å²) in [5.41, 5.74) is 1.66. The van der Waals surface area contributed by atoms with E-state index in [0.717, 1.165) is 31.2 Å². The van der Waals surface area contributed by atoms with Gasteiger partial charge in [-0.2, -0.15) is 0 Å². The van der Waals surface area contributed by atoms with Crippen LogP contribution in [0.1, 0.15) is 67.2 Å². The lowest BCUT2D eigenvalue weighted by molar-refractivity contribution is -0.132. The van der Waals surface area contributed by atoms with Crippen molar-refractivity contribution in [1.82, 2.24) is 15.5 Å². The highest BCUT2D eigenvalue weighted by molar-refractivity contribution is 7.99. The van der Waals surface area contributed by atoms with E-state index in [1.54, 1.807) is 16.7 Å². The summed E-state index contributed by atoms with van der Waals surface area (Å²) in [6, 6.07) is 6.62. The molecule has 2 N–H and O–H groups in total. The van der Waals surface area contributed by atoms with Gasteiger partial charge in [0.25, 0.3) is 5.91 Å². The minimum Gasteiger partial charge on any atom is -0.352 e. The first-order chi connectivity index (χ1) is 14.0. The third-order valence-electron chi connectivity index (χ3n) is 6.19. The number of hydrogen-bond donors (Lipinski definition) is 2. The normalized spacial score (nSPS) is 24.9. The van der Waals surface area contributed by atoms with Crippen LogP contribution in [0, 0.1) is 5.92 Å². The zero-order chi connectivity index (χ0) is 20.5. The number of rotatable bonds is 5. The quantitative estimate of drug-likeness (QED) is 0.775. The summed E-state index contributed by atoms with van der Waals surface area (Å²) < 4.78 is 0. The lowest BCUT2D eigenvalue weighted by Crippen LogP contribution is -2.56. The van der Waals surface area contributed by atoms with Crippen LogP contribution in [0.15, 0.2) is 24.3 Å². The molecule has 3 atom stereocenters. The van der Waals surface area contributed by atoms with Gasteiger partial charge in [0, 0.05) is 17.4 Å². The summed E-state index contributed by atoms with van der Waals surface area (Å²) in [7, 11) is 0. The molecule has 1 aromatic carbocycles. The van der Waals surface area contributed by atoms with Crippen LogP contribution in [-0.4, -0.2) is 46.5 Å². The molecule has 156 valence electrons. The number of hydrogen-bond acceptors (Lipinski definition) is 4. The number of carbonyl (C=O) groups excluding carboxylic acids is 3. The average molecular weight is 416 g/mol. The summed E-state index contributed by atoms with van der Waals surface area (Å²) in [6.45, 7) is 3.88. The minimum absolute atomic E-state index is 0.0288. The van der Waals surface area contributed by atoms with Crippen molar-refractivity contribution < 1.29 is 14.4 Å². The predicted molar refractivity (Wildman–Crippen MR) is 113 cm³/mol. The monoisotopic (exact) mass is 415 g/mol. The predicted octanol–water partition coefficient (Wildman–Crippen LogP) is 2.85. The van der Waals surface area contributed by atoms with E-state index in [0.29, 0.717) is 11.3 Å².